The Balaban J connectivity index is 2.00. The van der Waals surface area contributed by atoms with Crippen LogP contribution in [0.4, 0.5) is 5.69 Å². The molecule has 6 nitrogen and oxygen atoms in total. The normalized spacial score (nSPS) is 10.8. The Morgan fingerprint density at radius 1 is 1.43 bits per heavy atom. The zero-order valence-corrected chi connectivity index (χ0v) is 13.6. The maximum absolute atomic E-state index is 10.9. The van der Waals surface area contributed by atoms with Crippen LogP contribution in [0.3, 0.4) is 0 Å². The van der Waals surface area contributed by atoms with Gasteiger partial charge in [-0.3, -0.25) is 14.8 Å². The number of aryl methyl sites for hydroxylation is 2. The second-order valence-electron chi connectivity index (χ2n) is 4.77. The van der Waals surface area contributed by atoms with E-state index < -0.39 is 0 Å². The summed E-state index contributed by atoms with van der Waals surface area (Å²) in [6.07, 6.45) is 2.89. The van der Waals surface area contributed by atoms with Crippen molar-refractivity contribution in [2.45, 2.75) is 26.4 Å². The number of nitrogens with one attached hydrogen (secondary N) is 1. The third kappa shape index (κ3) is 3.89. The van der Waals surface area contributed by atoms with Gasteiger partial charge in [-0.15, -0.1) is 0 Å². The lowest BCUT2D eigenvalue weighted by Crippen LogP contribution is -2.13. The van der Waals surface area contributed by atoms with Gasteiger partial charge in [-0.25, -0.2) is 0 Å². The molecule has 0 radical (unpaired) electrons. The topological polar surface area (TPSA) is 73.0 Å². The van der Waals surface area contributed by atoms with Gasteiger partial charge in [0.1, 0.15) is 0 Å². The number of nitrogens with zero attached hydrogens (tertiary/aromatic N) is 3. The molecular weight excluding hydrogens is 336 g/mol. The van der Waals surface area contributed by atoms with E-state index in [-0.39, 0.29) is 10.6 Å². The Morgan fingerprint density at radius 3 is 2.86 bits per heavy atom. The smallest absolute Gasteiger partial charge is 0.283 e. The van der Waals surface area contributed by atoms with Crippen LogP contribution in [-0.2, 0) is 26.6 Å². The van der Waals surface area contributed by atoms with Gasteiger partial charge >= 0.3 is 0 Å². The van der Waals surface area contributed by atoms with Crippen LogP contribution < -0.4 is 5.32 Å². The van der Waals surface area contributed by atoms with Crippen molar-refractivity contribution >= 4 is 21.6 Å². The molecule has 21 heavy (non-hydrogen) atoms. The minimum Gasteiger partial charge on any atom is -0.308 e. The van der Waals surface area contributed by atoms with E-state index in [2.05, 4.69) is 33.3 Å². The number of nitro benzene ring substituents is 1. The summed E-state index contributed by atoms with van der Waals surface area (Å²) < 4.78 is 2.30. The van der Waals surface area contributed by atoms with E-state index in [1.807, 2.05) is 19.3 Å². The summed E-state index contributed by atoms with van der Waals surface area (Å²) >= 11 is 3.18. The van der Waals surface area contributed by atoms with E-state index in [1.54, 1.807) is 16.8 Å². The summed E-state index contributed by atoms with van der Waals surface area (Å²) in [5.41, 5.74) is 3.20. The molecule has 0 amide bonds. The van der Waals surface area contributed by atoms with Gasteiger partial charge in [0.25, 0.3) is 5.69 Å². The SMILES string of the molecule is CCc1nn(C)cc1CNCc1ccc(Br)c([N+](=O)[O-])c1. The first kappa shape index (κ1) is 15.7. The van der Waals surface area contributed by atoms with Crippen molar-refractivity contribution < 1.29 is 4.92 Å². The maximum Gasteiger partial charge on any atom is 0.283 e. The first-order valence-electron chi connectivity index (χ1n) is 6.66. The molecule has 112 valence electrons. The van der Waals surface area contributed by atoms with Crippen molar-refractivity contribution in [1.29, 1.82) is 0 Å². The van der Waals surface area contributed by atoms with Crippen molar-refractivity contribution in [3.05, 3.63) is 55.8 Å². The molecule has 0 aliphatic heterocycles. The van der Waals surface area contributed by atoms with E-state index in [9.17, 15) is 10.1 Å². The Morgan fingerprint density at radius 2 is 2.19 bits per heavy atom. The molecule has 0 saturated carbocycles. The van der Waals surface area contributed by atoms with Crippen molar-refractivity contribution in [2.24, 2.45) is 7.05 Å². The third-order valence-corrected chi connectivity index (χ3v) is 3.85. The van der Waals surface area contributed by atoms with Crippen molar-refractivity contribution in [2.75, 3.05) is 0 Å². The van der Waals surface area contributed by atoms with Gasteiger partial charge in [0.15, 0.2) is 0 Å². The highest BCUT2D eigenvalue weighted by molar-refractivity contribution is 9.10. The molecular formula is C14H17BrN4O2. The van der Waals surface area contributed by atoms with E-state index in [0.29, 0.717) is 17.6 Å². The largest absolute Gasteiger partial charge is 0.308 e. The van der Waals surface area contributed by atoms with Gasteiger partial charge in [-0.05, 0) is 34.0 Å². The van der Waals surface area contributed by atoms with E-state index in [1.165, 1.54) is 0 Å². The predicted octanol–water partition coefficient (Wildman–Crippen LogP) is 2.94. The molecule has 0 atom stereocenters. The van der Waals surface area contributed by atoms with Crippen LogP contribution >= 0.6 is 15.9 Å². The second kappa shape index (κ2) is 6.82. The fraction of sp³-hybridized carbons (Fsp3) is 0.357. The van der Waals surface area contributed by atoms with E-state index in [0.717, 1.165) is 23.2 Å². The molecule has 0 aliphatic carbocycles. The van der Waals surface area contributed by atoms with Crippen LogP contribution in [0.25, 0.3) is 0 Å². The lowest BCUT2D eigenvalue weighted by molar-refractivity contribution is -0.385. The second-order valence-corrected chi connectivity index (χ2v) is 5.63. The minimum atomic E-state index is -0.385. The number of halogens is 1. The molecule has 0 bridgehead atoms. The first-order chi connectivity index (χ1) is 10.0. The number of hydrogen-bond acceptors (Lipinski definition) is 4. The molecule has 2 rings (SSSR count). The third-order valence-electron chi connectivity index (χ3n) is 3.18. The number of hydrogen-bond donors (Lipinski definition) is 1. The summed E-state index contributed by atoms with van der Waals surface area (Å²) in [6.45, 7) is 3.34. The molecule has 0 unspecified atom stereocenters. The van der Waals surface area contributed by atoms with E-state index >= 15 is 0 Å². The highest BCUT2D eigenvalue weighted by Crippen LogP contribution is 2.25. The van der Waals surface area contributed by atoms with Crippen molar-refractivity contribution in [3.63, 3.8) is 0 Å². The molecule has 0 fully saturated rings. The lowest BCUT2D eigenvalue weighted by Gasteiger charge is -2.05. The summed E-state index contributed by atoms with van der Waals surface area (Å²) in [5, 5.41) is 18.6. The molecule has 1 N–H and O–H groups in total. The highest BCUT2D eigenvalue weighted by atomic mass is 79.9. The fourth-order valence-electron chi connectivity index (χ4n) is 2.18. The monoisotopic (exact) mass is 352 g/mol. The zero-order chi connectivity index (χ0) is 15.4. The van der Waals surface area contributed by atoms with Crippen LogP contribution in [0.1, 0.15) is 23.7 Å². The van der Waals surface area contributed by atoms with Crippen LogP contribution in [0, 0.1) is 10.1 Å². The molecule has 2 aromatic rings. The summed E-state index contributed by atoms with van der Waals surface area (Å²) in [6, 6.07) is 5.16. The van der Waals surface area contributed by atoms with Gasteiger partial charge in [-0.2, -0.15) is 5.10 Å². The number of rotatable bonds is 6. The highest BCUT2D eigenvalue weighted by Gasteiger charge is 2.12. The molecule has 7 heteroatoms. The molecule has 1 heterocycles. The maximum atomic E-state index is 10.9. The van der Waals surface area contributed by atoms with Gasteiger partial charge in [0.2, 0.25) is 0 Å². The Bertz CT molecular complexity index is 654. The molecule has 0 spiro atoms. The average Bonchev–Trinajstić information content (AvgIpc) is 2.80. The molecule has 0 aliphatic rings. The average molecular weight is 353 g/mol. The minimum absolute atomic E-state index is 0.0879. The quantitative estimate of drug-likeness (QED) is 0.640. The summed E-state index contributed by atoms with van der Waals surface area (Å²) in [4.78, 5) is 10.5. The first-order valence-corrected chi connectivity index (χ1v) is 7.45. The van der Waals surface area contributed by atoms with Crippen molar-refractivity contribution in [1.82, 2.24) is 15.1 Å². The number of aromatic nitrogens is 2. The Labute approximate surface area is 131 Å². The summed E-state index contributed by atoms with van der Waals surface area (Å²) in [5.74, 6) is 0. The van der Waals surface area contributed by atoms with Crippen LogP contribution in [0.5, 0.6) is 0 Å². The Kier molecular flexibility index (Phi) is 5.08. The molecule has 1 aromatic heterocycles. The van der Waals surface area contributed by atoms with Crippen LogP contribution in [-0.4, -0.2) is 14.7 Å². The van der Waals surface area contributed by atoms with Gasteiger partial charge < -0.3 is 5.32 Å². The number of nitro groups is 1. The van der Waals surface area contributed by atoms with E-state index in [4.69, 9.17) is 0 Å². The molecule has 0 saturated heterocycles. The molecule has 1 aromatic carbocycles. The van der Waals surface area contributed by atoms with Crippen LogP contribution in [0.15, 0.2) is 28.9 Å². The zero-order valence-electron chi connectivity index (χ0n) is 12.0. The predicted molar refractivity (Wildman–Crippen MR) is 83.9 cm³/mol. The number of benzene rings is 1. The van der Waals surface area contributed by atoms with Gasteiger partial charge in [0, 0.05) is 38.0 Å². The fourth-order valence-corrected chi connectivity index (χ4v) is 2.57. The lowest BCUT2D eigenvalue weighted by atomic mass is 10.2. The van der Waals surface area contributed by atoms with Gasteiger partial charge in [-0.1, -0.05) is 13.0 Å². The van der Waals surface area contributed by atoms with Crippen molar-refractivity contribution in [3.8, 4) is 0 Å². The summed E-state index contributed by atoms with van der Waals surface area (Å²) in [7, 11) is 1.90. The van der Waals surface area contributed by atoms with Crippen LogP contribution in [0.2, 0.25) is 0 Å². The standard InChI is InChI=1S/C14H17BrN4O2/c1-3-13-11(9-18(2)17-13)8-16-7-10-4-5-12(15)14(6-10)19(20)21/h4-6,9,16H,3,7-8H2,1-2H3. The van der Waals surface area contributed by atoms with Gasteiger partial charge in [0.05, 0.1) is 15.1 Å². The Hall–Kier alpha value is -1.73.